The lowest BCUT2D eigenvalue weighted by Gasteiger charge is -2.06. The highest BCUT2D eigenvalue weighted by molar-refractivity contribution is 7.18. The lowest BCUT2D eigenvalue weighted by atomic mass is 10.2. The Morgan fingerprint density at radius 2 is 1.84 bits per heavy atom. The fourth-order valence-corrected chi connectivity index (χ4v) is 3.08. The van der Waals surface area contributed by atoms with Crippen LogP contribution in [0.2, 0.25) is 5.02 Å². The van der Waals surface area contributed by atoms with E-state index in [1.807, 2.05) is 12.1 Å². The lowest BCUT2D eigenvalue weighted by molar-refractivity contribution is -0.144. The minimum Gasteiger partial charge on any atom is -0.462 e. The minimum absolute atomic E-state index is 0.216. The summed E-state index contributed by atoms with van der Waals surface area (Å²) in [4.78, 5) is 35.9. The Labute approximate surface area is 153 Å². The van der Waals surface area contributed by atoms with E-state index in [2.05, 4.69) is 10.1 Å². The number of amides is 1. The van der Waals surface area contributed by atoms with E-state index < -0.39 is 24.5 Å². The molecule has 0 fully saturated rings. The smallest absolute Gasteiger partial charge is 0.350 e. The Morgan fingerprint density at radius 1 is 1.16 bits per heavy atom. The number of nitrogens with one attached hydrogen (secondary N) is 1. The van der Waals surface area contributed by atoms with Gasteiger partial charge in [0.2, 0.25) is 0 Å². The van der Waals surface area contributed by atoms with E-state index >= 15 is 0 Å². The number of carbonyl (C=O) groups is 3. The third-order valence-electron chi connectivity index (χ3n) is 3.00. The van der Waals surface area contributed by atoms with Crippen molar-refractivity contribution in [2.45, 2.75) is 13.8 Å². The Hall–Kier alpha value is -2.38. The maximum absolute atomic E-state index is 12.1. The number of halogens is 1. The molecular formula is C17H16ClNO5S. The number of ether oxygens (including phenoxy) is 2. The number of hydrogen-bond donors (Lipinski definition) is 1. The molecule has 0 spiro atoms. The molecule has 0 aliphatic carbocycles. The molecule has 0 bridgehead atoms. The van der Waals surface area contributed by atoms with Crippen LogP contribution in [0.1, 0.15) is 23.5 Å². The normalized spacial score (nSPS) is 10.2. The van der Waals surface area contributed by atoms with Crippen LogP contribution in [0.15, 0.2) is 30.3 Å². The van der Waals surface area contributed by atoms with Gasteiger partial charge in [-0.3, -0.25) is 9.59 Å². The van der Waals surface area contributed by atoms with Crippen molar-refractivity contribution in [2.24, 2.45) is 0 Å². The maximum Gasteiger partial charge on any atom is 0.350 e. The number of carbonyl (C=O) groups excluding carboxylic acids is 3. The highest BCUT2D eigenvalue weighted by atomic mass is 35.5. The van der Waals surface area contributed by atoms with Crippen LogP contribution in [0.5, 0.6) is 0 Å². The van der Waals surface area contributed by atoms with Crippen LogP contribution in [-0.2, 0) is 19.1 Å². The van der Waals surface area contributed by atoms with Crippen molar-refractivity contribution in [2.75, 3.05) is 18.5 Å². The molecule has 0 unspecified atom stereocenters. The summed E-state index contributed by atoms with van der Waals surface area (Å²) in [7, 11) is 0. The largest absolute Gasteiger partial charge is 0.462 e. The average molecular weight is 382 g/mol. The summed E-state index contributed by atoms with van der Waals surface area (Å²) in [5.74, 6) is -1.63. The van der Waals surface area contributed by atoms with Gasteiger partial charge in [0.25, 0.3) is 5.91 Å². The number of hydrogen-bond acceptors (Lipinski definition) is 6. The van der Waals surface area contributed by atoms with Crippen LogP contribution in [-0.4, -0.2) is 31.1 Å². The molecule has 0 saturated carbocycles. The second-order valence-electron chi connectivity index (χ2n) is 4.91. The zero-order valence-electron chi connectivity index (χ0n) is 13.6. The van der Waals surface area contributed by atoms with Gasteiger partial charge in [-0.2, -0.15) is 0 Å². The number of thiophene rings is 1. The maximum atomic E-state index is 12.1. The topological polar surface area (TPSA) is 81.7 Å². The molecule has 1 heterocycles. The van der Waals surface area contributed by atoms with E-state index in [-0.39, 0.29) is 11.5 Å². The van der Waals surface area contributed by atoms with Gasteiger partial charge in [0, 0.05) is 16.8 Å². The van der Waals surface area contributed by atoms with E-state index in [9.17, 15) is 14.4 Å². The van der Waals surface area contributed by atoms with Crippen molar-refractivity contribution in [3.63, 3.8) is 0 Å². The highest BCUT2D eigenvalue weighted by Crippen LogP contribution is 2.35. The zero-order chi connectivity index (χ0) is 18.4. The van der Waals surface area contributed by atoms with E-state index in [0.717, 1.165) is 10.4 Å². The molecule has 0 saturated heterocycles. The summed E-state index contributed by atoms with van der Waals surface area (Å²) in [5.41, 5.74) is 1.16. The minimum atomic E-state index is -0.562. The Morgan fingerprint density at radius 3 is 2.44 bits per heavy atom. The monoisotopic (exact) mass is 381 g/mol. The third kappa shape index (κ3) is 5.30. The summed E-state index contributed by atoms with van der Waals surface area (Å²) in [6, 6.07) is 8.77. The van der Waals surface area contributed by atoms with E-state index in [4.69, 9.17) is 16.3 Å². The SMILES string of the molecule is CCOC(=O)c1sc(-c2ccc(Cl)cc2)cc1NC(=O)COC(C)=O. The van der Waals surface area contributed by atoms with Crippen LogP contribution < -0.4 is 5.32 Å². The molecule has 1 N–H and O–H groups in total. The molecule has 0 aliphatic rings. The van der Waals surface area contributed by atoms with Crippen molar-refractivity contribution in [3.8, 4) is 10.4 Å². The van der Waals surface area contributed by atoms with E-state index in [1.54, 1.807) is 25.1 Å². The van der Waals surface area contributed by atoms with Crippen molar-refractivity contribution in [1.29, 1.82) is 0 Å². The average Bonchev–Trinajstić information content (AvgIpc) is 2.97. The molecule has 25 heavy (non-hydrogen) atoms. The first-order valence-electron chi connectivity index (χ1n) is 7.40. The third-order valence-corrected chi connectivity index (χ3v) is 4.42. The van der Waals surface area contributed by atoms with Gasteiger partial charge in [0.1, 0.15) is 4.88 Å². The second-order valence-corrected chi connectivity index (χ2v) is 6.40. The first-order chi connectivity index (χ1) is 11.9. The Bertz CT molecular complexity index is 785. The Kier molecular flexibility index (Phi) is 6.55. The summed E-state index contributed by atoms with van der Waals surface area (Å²) < 4.78 is 9.68. The molecule has 1 aromatic carbocycles. The highest BCUT2D eigenvalue weighted by Gasteiger charge is 2.20. The van der Waals surface area contributed by atoms with Gasteiger partial charge in [0.15, 0.2) is 6.61 Å². The van der Waals surface area contributed by atoms with Crippen LogP contribution in [0.3, 0.4) is 0 Å². The molecule has 132 valence electrons. The van der Waals surface area contributed by atoms with Crippen molar-refractivity contribution in [1.82, 2.24) is 0 Å². The standard InChI is InChI=1S/C17H16ClNO5S/c1-3-23-17(22)16-13(19-15(21)9-24-10(2)20)8-14(25-16)11-4-6-12(18)7-5-11/h4-8H,3,9H2,1-2H3,(H,19,21). The second kappa shape index (κ2) is 8.64. The van der Waals surface area contributed by atoms with Crippen LogP contribution in [0, 0.1) is 0 Å². The lowest BCUT2D eigenvalue weighted by Crippen LogP contribution is -2.20. The van der Waals surface area contributed by atoms with Gasteiger partial charge in [-0.25, -0.2) is 4.79 Å². The molecule has 0 atom stereocenters. The fourth-order valence-electron chi connectivity index (χ4n) is 1.94. The van der Waals surface area contributed by atoms with Gasteiger partial charge < -0.3 is 14.8 Å². The van der Waals surface area contributed by atoms with Crippen molar-refractivity contribution < 1.29 is 23.9 Å². The summed E-state index contributed by atoms with van der Waals surface area (Å²) in [6.07, 6.45) is 0. The van der Waals surface area contributed by atoms with E-state index in [0.29, 0.717) is 10.7 Å². The first-order valence-corrected chi connectivity index (χ1v) is 8.60. The molecule has 8 heteroatoms. The Balaban J connectivity index is 2.29. The molecule has 1 amide bonds. The van der Waals surface area contributed by atoms with Gasteiger partial charge in [-0.15, -0.1) is 11.3 Å². The molecule has 2 rings (SSSR count). The molecular weight excluding hydrogens is 366 g/mol. The molecule has 1 aromatic heterocycles. The summed E-state index contributed by atoms with van der Waals surface area (Å²) in [6.45, 7) is 2.70. The van der Waals surface area contributed by atoms with Crippen molar-refractivity contribution >= 4 is 46.5 Å². The number of esters is 2. The first kappa shape index (κ1) is 19.0. The number of anilines is 1. The predicted octanol–water partition coefficient (Wildman–Crippen LogP) is 3.75. The zero-order valence-corrected chi connectivity index (χ0v) is 15.2. The summed E-state index contributed by atoms with van der Waals surface area (Å²) >= 11 is 7.08. The number of rotatable bonds is 6. The quantitative estimate of drug-likeness (QED) is 0.770. The summed E-state index contributed by atoms with van der Waals surface area (Å²) in [5, 5.41) is 3.17. The van der Waals surface area contributed by atoms with Crippen LogP contribution in [0.25, 0.3) is 10.4 Å². The van der Waals surface area contributed by atoms with Gasteiger partial charge in [-0.1, -0.05) is 23.7 Å². The molecule has 2 aromatic rings. The number of benzene rings is 1. The molecule has 0 radical (unpaired) electrons. The van der Waals surface area contributed by atoms with Gasteiger partial charge >= 0.3 is 11.9 Å². The van der Waals surface area contributed by atoms with Crippen LogP contribution >= 0.6 is 22.9 Å². The molecule has 6 nitrogen and oxygen atoms in total. The van der Waals surface area contributed by atoms with Gasteiger partial charge in [-0.05, 0) is 30.7 Å². The fraction of sp³-hybridized carbons (Fsp3) is 0.235. The predicted molar refractivity (Wildman–Crippen MR) is 96.0 cm³/mol. The van der Waals surface area contributed by atoms with Crippen molar-refractivity contribution in [3.05, 3.63) is 40.2 Å². The van der Waals surface area contributed by atoms with Gasteiger partial charge in [0.05, 0.1) is 12.3 Å². The van der Waals surface area contributed by atoms with E-state index in [1.165, 1.54) is 18.3 Å². The van der Waals surface area contributed by atoms with Crippen LogP contribution in [0.4, 0.5) is 5.69 Å². The molecule has 0 aliphatic heterocycles.